The summed E-state index contributed by atoms with van der Waals surface area (Å²) in [7, 11) is -8.04. The molecule has 0 spiro atoms. The average Bonchev–Trinajstić information content (AvgIpc) is 3.25. The summed E-state index contributed by atoms with van der Waals surface area (Å²) in [5, 5.41) is -0.300. The molecular weight excluding hydrogens is 558 g/mol. The Morgan fingerprint density at radius 2 is 1.53 bits per heavy atom. The van der Waals surface area contributed by atoms with Gasteiger partial charge in [0.15, 0.2) is 11.6 Å². The number of sulfonamides is 1. The topological polar surface area (TPSA) is 100 Å². The fourth-order valence-electron chi connectivity index (χ4n) is 2.72. The molecule has 34 heavy (non-hydrogen) atoms. The summed E-state index contributed by atoms with van der Waals surface area (Å²) in [5.41, 5.74) is 0. The molecular formula is C19H26Cl2F2NO7PS2. The van der Waals surface area contributed by atoms with Gasteiger partial charge in [-0.2, -0.15) is 4.72 Å². The molecule has 0 amide bonds. The maximum absolute atomic E-state index is 15.3. The monoisotopic (exact) mass is 583 g/mol. The van der Waals surface area contributed by atoms with Crippen molar-refractivity contribution in [3.05, 3.63) is 17.7 Å². The number of alkyl halides is 2. The first kappa shape index (κ1) is 29.5. The van der Waals surface area contributed by atoms with Crippen LogP contribution in [0.2, 0.25) is 0 Å². The van der Waals surface area contributed by atoms with Gasteiger partial charge in [-0.1, -0.05) is 0 Å². The van der Waals surface area contributed by atoms with Crippen LogP contribution in [0.15, 0.2) is 10.3 Å². The zero-order valence-electron chi connectivity index (χ0n) is 18.6. The maximum atomic E-state index is 15.3. The molecule has 0 fully saturated rings. The molecule has 2 rings (SSSR count). The van der Waals surface area contributed by atoms with E-state index in [1.54, 1.807) is 13.8 Å². The second-order valence-electron chi connectivity index (χ2n) is 6.63. The number of rotatable bonds is 16. The number of halogens is 4. The Kier molecular flexibility index (Phi) is 11.8. The van der Waals surface area contributed by atoms with Gasteiger partial charge in [0.25, 0.3) is 10.0 Å². The second-order valence-corrected chi connectivity index (χ2v) is 12.5. The van der Waals surface area contributed by atoms with Crippen molar-refractivity contribution in [3.63, 3.8) is 0 Å². The van der Waals surface area contributed by atoms with Gasteiger partial charge in [-0.3, -0.25) is 4.57 Å². The number of hydrogen-bond donors (Lipinski definition) is 1. The Morgan fingerprint density at radius 1 is 1.00 bits per heavy atom. The smallest absolute Gasteiger partial charge is 0.345 e. The quantitative estimate of drug-likeness (QED) is 0.154. The van der Waals surface area contributed by atoms with Crippen molar-refractivity contribution >= 4 is 62.2 Å². The Labute approximate surface area is 211 Å². The van der Waals surface area contributed by atoms with Crippen molar-refractivity contribution in [1.82, 2.24) is 4.72 Å². The van der Waals surface area contributed by atoms with E-state index in [1.807, 2.05) is 0 Å². The second kappa shape index (κ2) is 13.5. The van der Waals surface area contributed by atoms with E-state index >= 15 is 8.78 Å². The summed E-state index contributed by atoms with van der Waals surface area (Å²) in [5.74, 6) is -2.40. The molecule has 0 saturated carbocycles. The van der Waals surface area contributed by atoms with Gasteiger partial charge in [0.1, 0.15) is 10.5 Å². The lowest BCUT2D eigenvalue weighted by Gasteiger charge is -2.17. The van der Waals surface area contributed by atoms with Crippen molar-refractivity contribution in [3.8, 4) is 11.5 Å². The van der Waals surface area contributed by atoms with Crippen LogP contribution in [-0.2, 0) is 23.6 Å². The van der Waals surface area contributed by atoms with E-state index in [4.69, 9.17) is 41.7 Å². The first-order valence-electron chi connectivity index (χ1n) is 10.3. The largest absolute Gasteiger partial charge is 0.487 e. The van der Waals surface area contributed by atoms with Crippen LogP contribution < -0.4 is 14.2 Å². The van der Waals surface area contributed by atoms with Gasteiger partial charge in [-0.15, -0.1) is 34.5 Å². The highest BCUT2D eigenvalue weighted by Crippen LogP contribution is 2.48. The zero-order chi connectivity index (χ0) is 25.4. The van der Waals surface area contributed by atoms with Gasteiger partial charge in [-0.25, -0.2) is 17.2 Å². The number of ether oxygens (including phenoxy) is 2. The Bertz CT molecular complexity index is 1050. The van der Waals surface area contributed by atoms with Crippen LogP contribution in [0.1, 0.15) is 26.7 Å². The Morgan fingerprint density at radius 3 is 2.03 bits per heavy atom. The van der Waals surface area contributed by atoms with Crippen molar-refractivity contribution in [2.24, 2.45) is 0 Å². The molecule has 1 N–H and O–H groups in total. The molecule has 0 aliphatic rings. The summed E-state index contributed by atoms with van der Waals surface area (Å²) in [6, 6.07) is 0.976. The van der Waals surface area contributed by atoms with Crippen LogP contribution in [0, 0.1) is 11.6 Å². The van der Waals surface area contributed by atoms with Crippen LogP contribution in [-0.4, -0.2) is 52.9 Å². The number of thiophene rings is 1. The van der Waals surface area contributed by atoms with Gasteiger partial charge >= 0.3 is 7.60 Å². The lowest BCUT2D eigenvalue weighted by molar-refractivity contribution is 0.219. The van der Waals surface area contributed by atoms with Crippen molar-refractivity contribution in [1.29, 1.82) is 0 Å². The Hall–Kier alpha value is -0.720. The van der Waals surface area contributed by atoms with E-state index in [0.29, 0.717) is 24.2 Å². The van der Waals surface area contributed by atoms with E-state index < -0.39 is 51.2 Å². The highest BCUT2D eigenvalue weighted by Gasteiger charge is 2.30. The molecule has 1 aromatic heterocycles. The standard InChI is InChI=1S/C19H26Cl2F2NO7PS2/c1-3-30-32(25,31-4-2)12-24-34(26,27)14-11-13-15(22)17(28-9-5-7-20)18(29-10-6-8-21)16(23)19(13)33-14/h11,24H,3-10,12H2,1-2H3. The molecule has 8 nitrogen and oxygen atoms in total. The number of hydrogen-bond acceptors (Lipinski definition) is 8. The molecule has 15 heteroatoms. The van der Waals surface area contributed by atoms with Crippen LogP contribution in [0.3, 0.4) is 0 Å². The number of nitrogens with one attached hydrogen (secondary N) is 1. The first-order chi connectivity index (χ1) is 16.1. The molecule has 0 bridgehead atoms. The van der Waals surface area contributed by atoms with E-state index in [0.717, 1.165) is 6.07 Å². The summed E-state index contributed by atoms with van der Waals surface area (Å²) in [6.07, 6.45) is 0.0972. The zero-order valence-corrected chi connectivity index (χ0v) is 22.6. The predicted octanol–water partition coefficient (Wildman–Crippen LogP) is 5.70. The van der Waals surface area contributed by atoms with Crippen molar-refractivity contribution in [2.45, 2.75) is 30.9 Å². The van der Waals surface area contributed by atoms with Gasteiger partial charge in [0.05, 0.1) is 31.1 Å². The van der Waals surface area contributed by atoms with Crippen LogP contribution in [0.25, 0.3) is 10.1 Å². The van der Waals surface area contributed by atoms with E-state index in [-0.39, 0.29) is 48.3 Å². The minimum Gasteiger partial charge on any atom is -0.487 e. The molecule has 2 aromatic rings. The summed E-state index contributed by atoms with van der Waals surface area (Å²) >= 11 is 11.7. The summed E-state index contributed by atoms with van der Waals surface area (Å²) < 4.78 is 91.1. The fraction of sp³-hybridized carbons (Fsp3) is 0.579. The molecule has 1 aromatic carbocycles. The molecule has 0 radical (unpaired) electrons. The normalized spacial score (nSPS) is 12.4. The van der Waals surface area contributed by atoms with Crippen LogP contribution >= 0.6 is 42.1 Å². The Balaban J connectivity index is 2.46. The lowest BCUT2D eigenvalue weighted by atomic mass is 10.2. The molecule has 194 valence electrons. The fourth-order valence-corrected chi connectivity index (χ4v) is 7.40. The van der Waals surface area contributed by atoms with Gasteiger partial charge in [-0.05, 0) is 32.8 Å². The van der Waals surface area contributed by atoms with E-state index in [1.165, 1.54) is 0 Å². The molecule has 0 atom stereocenters. The highest BCUT2D eigenvalue weighted by atomic mass is 35.5. The summed E-state index contributed by atoms with van der Waals surface area (Å²) in [4.78, 5) is 0. The first-order valence-corrected chi connectivity index (χ1v) is 15.4. The third-order valence-corrected chi connectivity index (χ3v) is 9.76. The van der Waals surface area contributed by atoms with Crippen LogP contribution in [0.5, 0.6) is 11.5 Å². The van der Waals surface area contributed by atoms with Crippen molar-refractivity contribution in [2.75, 3.05) is 44.5 Å². The maximum Gasteiger partial charge on any atom is 0.345 e. The van der Waals surface area contributed by atoms with Crippen molar-refractivity contribution < 1.29 is 40.3 Å². The third kappa shape index (κ3) is 7.39. The third-order valence-electron chi connectivity index (χ3n) is 4.16. The molecule has 0 saturated heterocycles. The lowest BCUT2D eigenvalue weighted by Crippen LogP contribution is -2.25. The molecule has 1 heterocycles. The van der Waals surface area contributed by atoms with Gasteiger partial charge in [0.2, 0.25) is 11.5 Å². The minimum atomic E-state index is -4.31. The molecule has 0 aliphatic carbocycles. The van der Waals surface area contributed by atoms with Crippen LogP contribution in [0.4, 0.5) is 8.78 Å². The minimum absolute atomic E-state index is 0.000534. The van der Waals surface area contributed by atoms with Gasteiger partial charge in [0, 0.05) is 17.1 Å². The summed E-state index contributed by atoms with van der Waals surface area (Å²) in [6.45, 7) is 3.24. The van der Waals surface area contributed by atoms with Gasteiger partial charge < -0.3 is 18.5 Å². The number of fused-ring (bicyclic) bond motifs is 1. The SMILES string of the molecule is CCOP(=O)(CNS(=O)(=O)c1cc2c(F)c(OCCCCl)c(OCCCCl)c(F)c2s1)OCC. The predicted molar refractivity (Wildman–Crippen MR) is 129 cm³/mol. The molecule has 0 aliphatic heterocycles. The molecule has 0 unspecified atom stereocenters. The average molecular weight is 584 g/mol. The van der Waals surface area contributed by atoms with E-state index in [2.05, 4.69) is 4.72 Å². The highest BCUT2D eigenvalue weighted by molar-refractivity contribution is 7.92. The number of benzene rings is 1. The van der Waals surface area contributed by atoms with E-state index in [9.17, 15) is 13.0 Å².